The molecule has 0 bridgehead atoms. The molecule has 0 rings (SSSR count). The van der Waals surface area contributed by atoms with Crippen molar-refractivity contribution in [2.45, 2.75) is 200 Å². The fourth-order valence-corrected chi connectivity index (χ4v) is 5.87. The number of allylic oxidation sites excluding steroid dienone is 14. The molecule has 0 radical (unpaired) electrons. The van der Waals surface area contributed by atoms with Gasteiger partial charge in [0.1, 0.15) is 6.61 Å². The van der Waals surface area contributed by atoms with Gasteiger partial charge in [-0.15, -0.1) is 0 Å². The zero-order chi connectivity index (χ0) is 39.3. The molecule has 1 N–H and O–H groups in total. The lowest BCUT2D eigenvalue weighted by atomic mass is 10.0. The summed E-state index contributed by atoms with van der Waals surface area (Å²) in [7, 11) is 0. The van der Waals surface area contributed by atoms with Crippen molar-refractivity contribution in [1.82, 2.24) is 0 Å². The number of aliphatic hydroxyl groups excluding tert-OH is 1. The molecule has 0 aliphatic carbocycles. The molecular formula is C49H82O5. The van der Waals surface area contributed by atoms with Crippen molar-refractivity contribution in [3.8, 4) is 0 Å². The highest BCUT2D eigenvalue weighted by Crippen LogP contribution is 2.14. The quantitative estimate of drug-likeness (QED) is 0.0385. The molecule has 5 heteroatoms. The lowest BCUT2D eigenvalue weighted by molar-refractivity contribution is -0.161. The SMILES string of the molecule is CCC=CCC=CCC=CCC=CCC=CCC=CCCC(=O)O[C@@H](CO)COC(=O)CCCCCCCCCCCCCC=CCCCCCCCC. The summed E-state index contributed by atoms with van der Waals surface area (Å²) in [6.07, 6.45) is 60.9. The first-order chi connectivity index (χ1) is 26.6. The van der Waals surface area contributed by atoms with Gasteiger partial charge in [0.05, 0.1) is 6.61 Å². The van der Waals surface area contributed by atoms with E-state index in [4.69, 9.17) is 9.47 Å². The minimum Gasteiger partial charge on any atom is -0.462 e. The van der Waals surface area contributed by atoms with Crippen LogP contribution in [0.25, 0.3) is 0 Å². The number of unbranched alkanes of at least 4 members (excludes halogenated alkanes) is 17. The number of ether oxygens (including phenoxy) is 2. The standard InChI is InChI=1S/C49H82O5/c1-3-5-7-9-11-13-15-17-19-21-23-24-26-27-29-31-33-35-37-39-41-43-48(51)53-46-47(45-50)54-49(52)44-42-40-38-36-34-32-30-28-25-22-20-18-16-14-12-10-8-6-4-2/h6,8,12,14,17-20,25,28,32,34,38,40,47,50H,3-5,7,9-11,13,15-16,21-24,26-27,29-31,33,35-37,39,41-46H2,1-2H3/t47-/m0/s1. The first kappa shape index (κ1) is 51.1. The van der Waals surface area contributed by atoms with Gasteiger partial charge in [0.2, 0.25) is 0 Å². The molecule has 0 saturated carbocycles. The minimum absolute atomic E-state index is 0.100. The molecule has 0 amide bonds. The maximum Gasteiger partial charge on any atom is 0.306 e. The molecular weight excluding hydrogens is 669 g/mol. The van der Waals surface area contributed by atoms with Crippen LogP contribution in [-0.2, 0) is 19.1 Å². The van der Waals surface area contributed by atoms with Crippen LogP contribution < -0.4 is 0 Å². The van der Waals surface area contributed by atoms with Gasteiger partial charge in [-0.05, 0) is 77.0 Å². The van der Waals surface area contributed by atoms with Gasteiger partial charge in [0, 0.05) is 12.8 Å². The van der Waals surface area contributed by atoms with Crippen molar-refractivity contribution in [1.29, 1.82) is 0 Å². The van der Waals surface area contributed by atoms with Gasteiger partial charge in [-0.1, -0.05) is 189 Å². The van der Waals surface area contributed by atoms with E-state index in [0.29, 0.717) is 12.8 Å². The molecule has 1 atom stereocenters. The van der Waals surface area contributed by atoms with Gasteiger partial charge in [-0.3, -0.25) is 9.59 Å². The summed E-state index contributed by atoms with van der Waals surface area (Å²) >= 11 is 0. The van der Waals surface area contributed by atoms with E-state index in [2.05, 4.69) is 86.8 Å². The third-order valence-electron chi connectivity index (χ3n) is 9.19. The monoisotopic (exact) mass is 751 g/mol. The Morgan fingerprint density at radius 1 is 0.444 bits per heavy atom. The molecule has 0 unspecified atom stereocenters. The number of carbonyl (C=O) groups is 2. The van der Waals surface area contributed by atoms with E-state index in [0.717, 1.165) is 57.8 Å². The van der Waals surface area contributed by atoms with Crippen molar-refractivity contribution < 1.29 is 24.2 Å². The highest BCUT2D eigenvalue weighted by molar-refractivity contribution is 5.70. The number of rotatable bonds is 39. The third kappa shape index (κ3) is 41.8. The first-order valence-corrected chi connectivity index (χ1v) is 22.1. The second kappa shape index (κ2) is 44.5. The lowest BCUT2D eigenvalue weighted by Crippen LogP contribution is -2.28. The van der Waals surface area contributed by atoms with Crippen molar-refractivity contribution in [2.75, 3.05) is 13.2 Å². The van der Waals surface area contributed by atoms with E-state index in [1.54, 1.807) is 0 Å². The molecule has 0 saturated heterocycles. The van der Waals surface area contributed by atoms with Crippen LogP contribution >= 0.6 is 0 Å². The average Bonchev–Trinajstić information content (AvgIpc) is 3.17. The van der Waals surface area contributed by atoms with E-state index >= 15 is 0 Å². The van der Waals surface area contributed by atoms with Crippen LogP contribution in [0.15, 0.2) is 85.1 Å². The number of hydrogen-bond donors (Lipinski definition) is 1. The predicted octanol–water partition coefficient (Wildman–Crippen LogP) is 14.3. The Labute approximate surface area is 333 Å². The predicted molar refractivity (Wildman–Crippen MR) is 233 cm³/mol. The highest BCUT2D eigenvalue weighted by atomic mass is 16.6. The third-order valence-corrected chi connectivity index (χ3v) is 9.19. The molecule has 308 valence electrons. The maximum atomic E-state index is 12.2. The molecule has 0 aliphatic heterocycles. The van der Waals surface area contributed by atoms with Crippen molar-refractivity contribution in [3.63, 3.8) is 0 Å². The topological polar surface area (TPSA) is 72.8 Å². The largest absolute Gasteiger partial charge is 0.462 e. The lowest BCUT2D eigenvalue weighted by Gasteiger charge is -2.15. The van der Waals surface area contributed by atoms with E-state index in [1.165, 1.54) is 103 Å². The van der Waals surface area contributed by atoms with Crippen molar-refractivity contribution >= 4 is 11.9 Å². The van der Waals surface area contributed by atoms with E-state index in [-0.39, 0.29) is 25.6 Å². The molecule has 54 heavy (non-hydrogen) atoms. The van der Waals surface area contributed by atoms with Crippen LogP contribution in [0.4, 0.5) is 0 Å². The van der Waals surface area contributed by atoms with Gasteiger partial charge in [0.25, 0.3) is 0 Å². The fraction of sp³-hybridized carbons (Fsp3) is 0.673. The Kier molecular flexibility index (Phi) is 42.1. The normalized spacial score (nSPS) is 13.0. The zero-order valence-corrected chi connectivity index (χ0v) is 35.0. The molecule has 0 spiro atoms. The van der Waals surface area contributed by atoms with Crippen LogP contribution in [0.5, 0.6) is 0 Å². The van der Waals surface area contributed by atoms with Crippen LogP contribution in [0.2, 0.25) is 0 Å². The minimum atomic E-state index is -0.816. The summed E-state index contributed by atoms with van der Waals surface area (Å²) in [4.78, 5) is 24.3. The summed E-state index contributed by atoms with van der Waals surface area (Å²) in [6, 6.07) is 0. The van der Waals surface area contributed by atoms with Crippen LogP contribution in [0.1, 0.15) is 194 Å². The number of aliphatic hydroxyl groups is 1. The summed E-state index contributed by atoms with van der Waals surface area (Å²) in [5.74, 6) is -0.692. The number of esters is 2. The molecule has 0 fully saturated rings. The molecule has 0 aromatic rings. The zero-order valence-electron chi connectivity index (χ0n) is 35.0. The van der Waals surface area contributed by atoms with Crippen molar-refractivity contribution in [2.24, 2.45) is 0 Å². The summed E-state index contributed by atoms with van der Waals surface area (Å²) in [6.45, 7) is 3.96. The Morgan fingerprint density at radius 3 is 1.28 bits per heavy atom. The Balaban J connectivity index is 3.65. The molecule has 0 aliphatic rings. The summed E-state index contributed by atoms with van der Waals surface area (Å²) < 4.78 is 10.6. The van der Waals surface area contributed by atoms with E-state index in [9.17, 15) is 14.7 Å². The van der Waals surface area contributed by atoms with Gasteiger partial charge < -0.3 is 14.6 Å². The van der Waals surface area contributed by atoms with Gasteiger partial charge in [-0.2, -0.15) is 0 Å². The smallest absolute Gasteiger partial charge is 0.306 e. The van der Waals surface area contributed by atoms with Gasteiger partial charge >= 0.3 is 11.9 Å². The molecule has 5 nitrogen and oxygen atoms in total. The Bertz CT molecular complexity index is 1030. The second-order valence-electron chi connectivity index (χ2n) is 14.4. The highest BCUT2D eigenvalue weighted by Gasteiger charge is 2.15. The summed E-state index contributed by atoms with van der Waals surface area (Å²) in [5.41, 5.74) is 0. The summed E-state index contributed by atoms with van der Waals surface area (Å²) in [5, 5.41) is 9.57. The van der Waals surface area contributed by atoms with E-state index < -0.39 is 12.1 Å². The van der Waals surface area contributed by atoms with Crippen LogP contribution in [0, 0.1) is 0 Å². The molecule has 0 aromatic heterocycles. The molecule has 0 heterocycles. The fourth-order valence-electron chi connectivity index (χ4n) is 5.87. The van der Waals surface area contributed by atoms with Crippen LogP contribution in [0.3, 0.4) is 0 Å². The number of carbonyl (C=O) groups excluding carboxylic acids is 2. The maximum absolute atomic E-state index is 12.2. The van der Waals surface area contributed by atoms with Gasteiger partial charge in [0.15, 0.2) is 6.10 Å². The van der Waals surface area contributed by atoms with Crippen molar-refractivity contribution in [3.05, 3.63) is 85.1 Å². The second-order valence-corrected chi connectivity index (χ2v) is 14.4. The Morgan fingerprint density at radius 2 is 0.833 bits per heavy atom. The van der Waals surface area contributed by atoms with Crippen LogP contribution in [-0.4, -0.2) is 36.4 Å². The first-order valence-electron chi connectivity index (χ1n) is 22.1. The molecule has 0 aromatic carbocycles. The van der Waals surface area contributed by atoms with E-state index in [1.807, 2.05) is 12.2 Å². The van der Waals surface area contributed by atoms with Gasteiger partial charge in [-0.25, -0.2) is 0 Å². The number of hydrogen-bond acceptors (Lipinski definition) is 5. The average molecular weight is 751 g/mol. The Hall–Kier alpha value is -2.92.